The first-order valence-corrected chi connectivity index (χ1v) is 13.0. The van der Waals surface area contributed by atoms with E-state index in [9.17, 15) is 18.4 Å². The number of fused-ring (bicyclic) bond motifs is 1. The third-order valence-corrected chi connectivity index (χ3v) is 7.53. The predicted octanol–water partition coefficient (Wildman–Crippen LogP) is 5.72. The number of thiophene rings is 1. The molecule has 0 fully saturated rings. The van der Waals surface area contributed by atoms with E-state index in [1.165, 1.54) is 40.1 Å². The Labute approximate surface area is 214 Å². The van der Waals surface area contributed by atoms with E-state index in [1.807, 2.05) is 25.3 Å². The van der Waals surface area contributed by atoms with Gasteiger partial charge in [-0.2, -0.15) is 0 Å². The van der Waals surface area contributed by atoms with Gasteiger partial charge in [0.25, 0.3) is 5.91 Å². The number of benzene rings is 2. The minimum absolute atomic E-state index is 0.115. The molecule has 1 aliphatic rings. The molecule has 190 valence electrons. The summed E-state index contributed by atoms with van der Waals surface area (Å²) in [7, 11) is 0. The summed E-state index contributed by atoms with van der Waals surface area (Å²) in [6.07, 6.45) is 1.56. The molecule has 4 rings (SSSR count). The molecule has 8 heteroatoms. The molecule has 2 atom stereocenters. The lowest BCUT2D eigenvalue weighted by molar-refractivity contribution is -0.135. The molecule has 0 bridgehead atoms. The van der Waals surface area contributed by atoms with Gasteiger partial charge in [0.2, 0.25) is 5.91 Å². The van der Waals surface area contributed by atoms with Crippen LogP contribution in [0.5, 0.6) is 5.75 Å². The first-order valence-electron chi connectivity index (χ1n) is 12.1. The predicted molar refractivity (Wildman–Crippen MR) is 136 cm³/mol. The Morgan fingerprint density at radius 2 is 1.89 bits per heavy atom. The number of nitrogens with zero attached hydrogens (tertiary/aromatic N) is 2. The Bertz CT molecular complexity index is 1210. The fraction of sp³-hybridized carbons (Fsp3) is 0.357. The zero-order valence-electron chi connectivity index (χ0n) is 20.5. The van der Waals surface area contributed by atoms with Crippen LogP contribution in [-0.2, 0) is 11.2 Å². The normalized spacial score (nSPS) is 15.8. The lowest BCUT2D eigenvalue weighted by atomic mass is 10.00. The van der Waals surface area contributed by atoms with Gasteiger partial charge in [-0.3, -0.25) is 9.59 Å². The highest BCUT2D eigenvalue weighted by Crippen LogP contribution is 2.34. The van der Waals surface area contributed by atoms with Gasteiger partial charge in [0.15, 0.2) is 0 Å². The molecule has 0 N–H and O–H groups in total. The van der Waals surface area contributed by atoms with E-state index < -0.39 is 11.6 Å². The van der Waals surface area contributed by atoms with Gasteiger partial charge in [0.05, 0.1) is 6.04 Å². The summed E-state index contributed by atoms with van der Waals surface area (Å²) in [5, 5.41) is 2.00. The molecule has 0 aliphatic carbocycles. The van der Waals surface area contributed by atoms with Crippen LogP contribution in [0.4, 0.5) is 8.78 Å². The van der Waals surface area contributed by atoms with Crippen molar-refractivity contribution in [1.82, 2.24) is 9.80 Å². The maximum Gasteiger partial charge on any atom is 0.254 e. The highest BCUT2D eigenvalue weighted by Gasteiger charge is 2.34. The van der Waals surface area contributed by atoms with Crippen molar-refractivity contribution in [2.24, 2.45) is 5.92 Å². The Kier molecular flexibility index (Phi) is 8.36. The van der Waals surface area contributed by atoms with E-state index in [-0.39, 0.29) is 42.5 Å². The maximum absolute atomic E-state index is 13.8. The van der Waals surface area contributed by atoms with Crippen molar-refractivity contribution in [1.29, 1.82) is 0 Å². The lowest BCUT2D eigenvalue weighted by Crippen LogP contribution is -2.48. The Hall–Kier alpha value is -3.26. The van der Waals surface area contributed by atoms with E-state index in [0.29, 0.717) is 18.8 Å². The van der Waals surface area contributed by atoms with Gasteiger partial charge in [-0.15, -0.1) is 11.3 Å². The van der Waals surface area contributed by atoms with Crippen molar-refractivity contribution in [3.8, 4) is 5.75 Å². The zero-order chi connectivity index (χ0) is 25.7. The van der Waals surface area contributed by atoms with Crippen LogP contribution in [0.1, 0.15) is 47.1 Å². The summed E-state index contributed by atoms with van der Waals surface area (Å²) >= 11 is 1.64. The summed E-state index contributed by atoms with van der Waals surface area (Å²) < 4.78 is 33.3. The van der Waals surface area contributed by atoms with Crippen LogP contribution in [0.25, 0.3) is 0 Å². The van der Waals surface area contributed by atoms with Gasteiger partial charge < -0.3 is 14.5 Å². The van der Waals surface area contributed by atoms with E-state index in [4.69, 9.17) is 4.74 Å². The minimum Gasteiger partial charge on any atom is -0.491 e. The number of carbonyl (C=O) groups is 2. The summed E-state index contributed by atoms with van der Waals surface area (Å²) in [6.45, 7) is 4.98. The number of hydrogen-bond donors (Lipinski definition) is 0. The van der Waals surface area contributed by atoms with Gasteiger partial charge in [0, 0.05) is 29.6 Å². The van der Waals surface area contributed by atoms with Crippen molar-refractivity contribution < 1.29 is 23.1 Å². The number of hydrogen-bond acceptors (Lipinski definition) is 4. The standard InChI is InChI=1S/C28H30F2N2O3S/c1-3-19(2)16-31(28(34)20-6-4-7-21(29)14-20)17-27(33)32-12-10-26-24(11-13-36-26)25(32)18-35-23-9-5-8-22(30)15-23/h4-9,11,13-15,19,25H,3,10,12,16-18H2,1-2H3. The topological polar surface area (TPSA) is 49.9 Å². The quantitative estimate of drug-likeness (QED) is 0.369. The number of halogens is 2. The number of ether oxygens (including phenoxy) is 1. The van der Waals surface area contributed by atoms with Gasteiger partial charge in [-0.05, 0) is 59.7 Å². The first-order chi connectivity index (χ1) is 17.4. The SMILES string of the molecule is CCC(C)CN(CC(=O)N1CCc2sccc2C1COc1cccc(F)c1)C(=O)c1cccc(F)c1. The molecule has 1 aliphatic heterocycles. The molecular weight excluding hydrogens is 482 g/mol. The van der Waals surface area contributed by atoms with Gasteiger partial charge >= 0.3 is 0 Å². The molecule has 0 spiro atoms. The van der Waals surface area contributed by atoms with Crippen LogP contribution in [0.2, 0.25) is 0 Å². The van der Waals surface area contributed by atoms with E-state index in [2.05, 4.69) is 0 Å². The highest BCUT2D eigenvalue weighted by atomic mass is 32.1. The summed E-state index contributed by atoms with van der Waals surface area (Å²) in [5.74, 6) is -0.892. The molecule has 2 heterocycles. The maximum atomic E-state index is 13.8. The molecule has 0 saturated heterocycles. The van der Waals surface area contributed by atoms with E-state index in [1.54, 1.807) is 34.4 Å². The van der Waals surface area contributed by atoms with Crippen molar-refractivity contribution >= 4 is 23.2 Å². The van der Waals surface area contributed by atoms with Crippen LogP contribution in [0.15, 0.2) is 60.0 Å². The lowest BCUT2D eigenvalue weighted by Gasteiger charge is -2.37. The second-order valence-electron chi connectivity index (χ2n) is 9.13. The van der Waals surface area contributed by atoms with Crippen LogP contribution in [-0.4, -0.2) is 47.9 Å². The average Bonchev–Trinajstić information content (AvgIpc) is 3.35. The molecule has 0 radical (unpaired) electrons. The number of rotatable bonds is 9. The van der Waals surface area contributed by atoms with Crippen LogP contribution in [0, 0.1) is 17.6 Å². The summed E-state index contributed by atoms with van der Waals surface area (Å²) in [6, 6.07) is 13.1. The monoisotopic (exact) mass is 512 g/mol. The average molecular weight is 513 g/mol. The molecule has 1 aromatic heterocycles. The number of amides is 2. The first kappa shape index (κ1) is 25.8. The largest absolute Gasteiger partial charge is 0.491 e. The molecule has 36 heavy (non-hydrogen) atoms. The van der Waals surface area contributed by atoms with Gasteiger partial charge in [-0.1, -0.05) is 32.4 Å². The fourth-order valence-corrected chi connectivity index (χ4v) is 5.32. The second-order valence-corrected chi connectivity index (χ2v) is 10.1. The van der Waals surface area contributed by atoms with Crippen molar-refractivity contribution in [3.63, 3.8) is 0 Å². The second kappa shape index (κ2) is 11.6. The molecule has 2 aromatic carbocycles. The smallest absolute Gasteiger partial charge is 0.254 e. The molecule has 5 nitrogen and oxygen atoms in total. The minimum atomic E-state index is -0.494. The molecule has 2 unspecified atom stereocenters. The van der Waals surface area contributed by atoms with E-state index in [0.717, 1.165) is 18.4 Å². The van der Waals surface area contributed by atoms with Crippen molar-refractivity contribution in [2.45, 2.75) is 32.7 Å². The number of carbonyl (C=O) groups excluding carboxylic acids is 2. The fourth-order valence-electron chi connectivity index (χ4n) is 4.39. The van der Waals surface area contributed by atoms with Crippen LogP contribution < -0.4 is 4.74 Å². The Morgan fingerprint density at radius 1 is 1.14 bits per heavy atom. The van der Waals surface area contributed by atoms with Crippen LogP contribution >= 0.6 is 11.3 Å². The molecular formula is C28H30F2N2O3S. The van der Waals surface area contributed by atoms with E-state index >= 15 is 0 Å². The van der Waals surface area contributed by atoms with Crippen molar-refractivity contribution in [2.75, 3.05) is 26.2 Å². The molecule has 2 amide bonds. The molecule has 3 aromatic rings. The third kappa shape index (κ3) is 6.10. The Morgan fingerprint density at radius 3 is 2.61 bits per heavy atom. The van der Waals surface area contributed by atoms with Gasteiger partial charge in [-0.25, -0.2) is 8.78 Å². The van der Waals surface area contributed by atoms with Gasteiger partial charge in [0.1, 0.15) is 30.5 Å². The Balaban J connectivity index is 1.55. The van der Waals surface area contributed by atoms with Crippen LogP contribution in [0.3, 0.4) is 0 Å². The summed E-state index contributed by atoms with van der Waals surface area (Å²) in [5.41, 5.74) is 1.23. The summed E-state index contributed by atoms with van der Waals surface area (Å²) in [4.78, 5) is 31.4. The van der Waals surface area contributed by atoms with Crippen molar-refractivity contribution in [3.05, 3.63) is 87.6 Å². The molecule has 0 saturated carbocycles. The zero-order valence-corrected chi connectivity index (χ0v) is 21.3. The third-order valence-electron chi connectivity index (χ3n) is 6.53. The highest BCUT2D eigenvalue weighted by molar-refractivity contribution is 7.10.